The fourth-order valence-corrected chi connectivity index (χ4v) is 3.21. The van der Waals surface area contributed by atoms with E-state index in [-0.39, 0.29) is 19.1 Å². The number of methoxy groups -OCH3 is 1. The Labute approximate surface area is 191 Å². The van der Waals surface area contributed by atoms with Crippen molar-refractivity contribution >= 4 is 11.6 Å². The summed E-state index contributed by atoms with van der Waals surface area (Å²) < 4.78 is 18.2. The predicted molar refractivity (Wildman–Crippen MR) is 123 cm³/mol. The van der Waals surface area contributed by atoms with Gasteiger partial charge in [0.25, 0.3) is 5.91 Å². The highest BCUT2D eigenvalue weighted by molar-refractivity contribution is 5.77. The van der Waals surface area contributed by atoms with Crippen molar-refractivity contribution in [2.45, 2.75) is 13.8 Å². The van der Waals surface area contributed by atoms with Gasteiger partial charge in [0, 0.05) is 11.6 Å². The molecular weight excluding hydrogens is 422 g/mol. The molecule has 0 saturated heterocycles. The van der Waals surface area contributed by atoms with E-state index in [0.717, 1.165) is 16.7 Å². The molecule has 0 bridgehead atoms. The van der Waals surface area contributed by atoms with Crippen molar-refractivity contribution in [3.05, 3.63) is 65.7 Å². The number of amides is 1. The van der Waals surface area contributed by atoms with E-state index in [4.69, 9.17) is 14.2 Å². The molecule has 2 aromatic carbocycles. The largest absolute Gasteiger partial charge is 0.497 e. The Morgan fingerprint density at radius 2 is 1.88 bits per heavy atom. The third kappa shape index (κ3) is 5.20. The lowest BCUT2D eigenvalue weighted by atomic mass is 10.1. The van der Waals surface area contributed by atoms with Crippen LogP contribution in [0.1, 0.15) is 11.1 Å². The zero-order chi connectivity index (χ0) is 23.2. The molecule has 0 fully saturated rings. The highest BCUT2D eigenvalue weighted by Gasteiger charge is 2.12. The van der Waals surface area contributed by atoms with E-state index in [9.17, 15) is 4.79 Å². The number of fused-ring (bicyclic) bond motifs is 1. The van der Waals surface area contributed by atoms with Crippen LogP contribution >= 0.6 is 0 Å². The van der Waals surface area contributed by atoms with Gasteiger partial charge in [-0.3, -0.25) is 4.79 Å². The Kier molecular flexibility index (Phi) is 6.68. The van der Waals surface area contributed by atoms with Crippen LogP contribution in [-0.4, -0.2) is 52.6 Å². The Hall–Kier alpha value is -4.14. The monoisotopic (exact) mass is 447 g/mol. The SMILES string of the molecule is COc1cccc(-c2nnc3ccc(OCCNC(=O)COc4cccc(C)c4C)nn23)c1. The zero-order valence-electron chi connectivity index (χ0n) is 18.7. The molecule has 1 amide bonds. The first-order valence-electron chi connectivity index (χ1n) is 10.5. The van der Waals surface area contributed by atoms with Crippen LogP contribution < -0.4 is 19.5 Å². The number of nitrogens with zero attached hydrogens (tertiary/aromatic N) is 4. The number of carbonyl (C=O) groups excluding carboxylic acids is 1. The van der Waals surface area contributed by atoms with E-state index in [1.165, 1.54) is 0 Å². The predicted octanol–water partition coefficient (Wildman–Crippen LogP) is 2.99. The van der Waals surface area contributed by atoms with E-state index in [0.29, 0.717) is 35.4 Å². The molecule has 0 radical (unpaired) electrons. The summed E-state index contributed by atoms with van der Waals surface area (Å²) in [7, 11) is 1.61. The van der Waals surface area contributed by atoms with Crippen LogP contribution in [0.25, 0.3) is 17.0 Å². The van der Waals surface area contributed by atoms with Crippen molar-refractivity contribution in [3.63, 3.8) is 0 Å². The van der Waals surface area contributed by atoms with Gasteiger partial charge in [0.2, 0.25) is 5.88 Å². The Morgan fingerprint density at radius 1 is 1.03 bits per heavy atom. The molecular formula is C24H25N5O4. The summed E-state index contributed by atoms with van der Waals surface area (Å²) in [5.74, 6) is 2.18. The van der Waals surface area contributed by atoms with Crippen molar-refractivity contribution < 1.29 is 19.0 Å². The highest BCUT2D eigenvalue weighted by atomic mass is 16.5. The van der Waals surface area contributed by atoms with Gasteiger partial charge in [-0.05, 0) is 49.2 Å². The maximum atomic E-state index is 12.1. The molecule has 4 aromatic rings. The summed E-state index contributed by atoms with van der Waals surface area (Å²) in [6, 6.07) is 16.8. The summed E-state index contributed by atoms with van der Waals surface area (Å²) >= 11 is 0. The van der Waals surface area contributed by atoms with Crippen LogP contribution in [0, 0.1) is 13.8 Å². The molecule has 0 atom stereocenters. The molecule has 9 heteroatoms. The third-order valence-electron chi connectivity index (χ3n) is 5.15. The maximum absolute atomic E-state index is 12.1. The summed E-state index contributed by atoms with van der Waals surface area (Å²) in [4.78, 5) is 12.1. The van der Waals surface area contributed by atoms with Crippen LogP contribution in [0.2, 0.25) is 0 Å². The molecule has 0 aliphatic rings. The minimum atomic E-state index is -0.220. The number of hydrogen-bond donors (Lipinski definition) is 1. The van der Waals surface area contributed by atoms with Crippen LogP contribution in [0.3, 0.4) is 0 Å². The quantitative estimate of drug-likeness (QED) is 0.394. The van der Waals surface area contributed by atoms with Gasteiger partial charge < -0.3 is 19.5 Å². The molecule has 2 heterocycles. The normalized spacial score (nSPS) is 10.8. The molecule has 33 heavy (non-hydrogen) atoms. The molecule has 4 rings (SSSR count). The van der Waals surface area contributed by atoms with E-state index in [2.05, 4.69) is 20.6 Å². The first-order chi connectivity index (χ1) is 16.0. The van der Waals surface area contributed by atoms with Gasteiger partial charge in [0.05, 0.1) is 13.7 Å². The number of rotatable bonds is 9. The second-order valence-corrected chi connectivity index (χ2v) is 7.38. The number of ether oxygens (including phenoxy) is 3. The highest BCUT2D eigenvalue weighted by Crippen LogP contribution is 2.23. The summed E-state index contributed by atoms with van der Waals surface area (Å²) in [6.45, 7) is 4.49. The number of aryl methyl sites for hydroxylation is 1. The van der Waals surface area contributed by atoms with Gasteiger partial charge in [-0.1, -0.05) is 24.3 Å². The fraction of sp³-hybridized carbons (Fsp3) is 0.250. The Balaban J connectivity index is 1.31. The van der Waals surface area contributed by atoms with Crippen LogP contribution in [0.15, 0.2) is 54.6 Å². The summed E-state index contributed by atoms with van der Waals surface area (Å²) in [5.41, 5.74) is 3.56. The zero-order valence-corrected chi connectivity index (χ0v) is 18.7. The summed E-state index contributed by atoms with van der Waals surface area (Å²) in [6.07, 6.45) is 0. The number of hydrogen-bond acceptors (Lipinski definition) is 7. The van der Waals surface area contributed by atoms with Crippen LogP contribution in [-0.2, 0) is 4.79 Å². The molecule has 2 aromatic heterocycles. The number of nitrogens with one attached hydrogen (secondary N) is 1. The van der Waals surface area contributed by atoms with Crippen molar-refractivity contribution in [1.82, 2.24) is 25.1 Å². The smallest absolute Gasteiger partial charge is 0.258 e. The van der Waals surface area contributed by atoms with E-state index >= 15 is 0 Å². The first-order valence-corrected chi connectivity index (χ1v) is 10.5. The topological polar surface area (TPSA) is 99.9 Å². The van der Waals surface area contributed by atoms with Gasteiger partial charge in [0.1, 0.15) is 18.1 Å². The van der Waals surface area contributed by atoms with Crippen LogP contribution in [0.5, 0.6) is 17.4 Å². The average Bonchev–Trinajstić information content (AvgIpc) is 3.26. The molecule has 0 spiro atoms. The second kappa shape index (κ2) is 9.99. The molecule has 9 nitrogen and oxygen atoms in total. The van der Waals surface area contributed by atoms with Gasteiger partial charge >= 0.3 is 0 Å². The number of aromatic nitrogens is 4. The van der Waals surface area contributed by atoms with Gasteiger partial charge in [0.15, 0.2) is 18.1 Å². The van der Waals surface area contributed by atoms with Crippen molar-refractivity contribution in [2.24, 2.45) is 0 Å². The Bertz CT molecular complexity index is 1270. The molecule has 0 saturated carbocycles. The van der Waals surface area contributed by atoms with E-state index in [1.807, 2.05) is 56.3 Å². The lowest BCUT2D eigenvalue weighted by Crippen LogP contribution is -2.32. The molecule has 1 N–H and O–H groups in total. The molecule has 170 valence electrons. The minimum Gasteiger partial charge on any atom is -0.497 e. The van der Waals surface area contributed by atoms with Crippen molar-refractivity contribution in [1.29, 1.82) is 0 Å². The Morgan fingerprint density at radius 3 is 2.73 bits per heavy atom. The average molecular weight is 447 g/mol. The molecule has 0 aliphatic carbocycles. The van der Waals surface area contributed by atoms with Gasteiger partial charge in [-0.25, -0.2) is 0 Å². The molecule has 0 unspecified atom stereocenters. The van der Waals surface area contributed by atoms with Crippen molar-refractivity contribution in [2.75, 3.05) is 26.9 Å². The van der Waals surface area contributed by atoms with Crippen molar-refractivity contribution in [3.8, 4) is 28.8 Å². The van der Waals surface area contributed by atoms with E-state index < -0.39 is 0 Å². The van der Waals surface area contributed by atoms with E-state index in [1.54, 1.807) is 23.8 Å². The lowest BCUT2D eigenvalue weighted by Gasteiger charge is -2.11. The fourth-order valence-electron chi connectivity index (χ4n) is 3.21. The number of benzene rings is 2. The standard InChI is InChI=1S/C24H25N5O4/c1-16-6-4-9-20(17(16)2)33-15-22(30)25-12-13-32-23-11-10-21-26-27-24(29(21)28-23)18-7-5-8-19(14-18)31-3/h4-11,14H,12-13,15H2,1-3H3,(H,25,30). The minimum absolute atomic E-state index is 0.0564. The van der Waals surface area contributed by atoms with Gasteiger partial charge in [-0.2, -0.15) is 4.52 Å². The third-order valence-corrected chi connectivity index (χ3v) is 5.15. The maximum Gasteiger partial charge on any atom is 0.258 e. The lowest BCUT2D eigenvalue weighted by molar-refractivity contribution is -0.123. The van der Waals surface area contributed by atoms with Gasteiger partial charge in [-0.15, -0.1) is 15.3 Å². The van der Waals surface area contributed by atoms with Crippen LogP contribution in [0.4, 0.5) is 0 Å². The first kappa shape index (κ1) is 22.1. The number of carbonyl (C=O) groups is 1. The summed E-state index contributed by atoms with van der Waals surface area (Å²) in [5, 5.41) is 15.6. The second-order valence-electron chi connectivity index (χ2n) is 7.38. The molecule has 0 aliphatic heterocycles.